The van der Waals surface area contributed by atoms with Gasteiger partial charge in [-0.2, -0.15) is 0 Å². The average molecular weight is 546 g/mol. The first-order valence-corrected chi connectivity index (χ1v) is 12.4. The molecule has 1 atom stereocenters. The maximum atomic E-state index is 13.1. The van der Waals surface area contributed by atoms with Gasteiger partial charge in [-0.05, 0) is 18.6 Å². The Hall–Kier alpha value is -3.67. The number of fused-ring (bicyclic) bond motifs is 1. The minimum atomic E-state index is -1.09. The van der Waals surface area contributed by atoms with Crippen molar-refractivity contribution in [2.24, 2.45) is 0 Å². The molecule has 0 bridgehead atoms. The molecule has 2 aliphatic rings. The van der Waals surface area contributed by atoms with Gasteiger partial charge < -0.3 is 29.0 Å². The topological polar surface area (TPSA) is 159 Å². The molecule has 0 radical (unpaired) electrons. The molecule has 5 amide bonds. The Morgan fingerprint density at radius 1 is 0.923 bits per heavy atom. The Labute approximate surface area is 225 Å². The first-order chi connectivity index (χ1) is 18.9. The number of imide groups is 2. The standard InChI is InChI=1S/C26H31N3O10/c1-2-8-35-9-10-36-11-12-37-13-14-38-15-16-39-17-22(31)27-19-5-3-4-18-23(19)26(34)29(25(18)33)20-6-7-21(30)28-24(20)32/h1,3-5,20H,6-17H2,(H,27,31)(H,28,30,32). The Morgan fingerprint density at radius 3 is 2.15 bits per heavy atom. The van der Waals surface area contributed by atoms with Crippen LogP contribution in [0.1, 0.15) is 33.6 Å². The van der Waals surface area contributed by atoms with Crippen molar-refractivity contribution in [1.29, 1.82) is 0 Å². The van der Waals surface area contributed by atoms with E-state index in [9.17, 15) is 24.0 Å². The number of hydrogen-bond donors (Lipinski definition) is 2. The molecular weight excluding hydrogens is 514 g/mol. The summed E-state index contributed by atoms with van der Waals surface area (Å²) in [6.45, 7) is 2.79. The lowest BCUT2D eigenvalue weighted by Crippen LogP contribution is -2.54. The van der Waals surface area contributed by atoms with E-state index in [0.29, 0.717) is 39.6 Å². The fraction of sp³-hybridized carbons (Fsp3) is 0.500. The summed E-state index contributed by atoms with van der Waals surface area (Å²) in [7, 11) is 0. The smallest absolute Gasteiger partial charge is 0.264 e. The van der Waals surface area contributed by atoms with Crippen LogP contribution in [0.3, 0.4) is 0 Å². The van der Waals surface area contributed by atoms with E-state index in [0.717, 1.165) is 4.90 Å². The van der Waals surface area contributed by atoms with E-state index in [2.05, 4.69) is 16.6 Å². The Bertz CT molecular complexity index is 1100. The number of anilines is 1. The number of piperidine rings is 1. The monoisotopic (exact) mass is 545 g/mol. The van der Waals surface area contributed by atoms with Crippen molar-refractivity contribution in [3.8, 4) is 12.3 Å². The second-order valence-corrected chi connectivity index (χ2v) is 8.37. The third-order valence-electron chi connectivity index (χ3n) is 5.65. The molecule has 39 heavy (non-hydrogen) atoms. The van der Waals surface area contributed by atoms with Gasteiger partial charge in [-0.15, -0.1) is 6.42 Å². The number of hydrogen-bond acceptors (Lipinski definition) is 10. The summed E-state index contributed by atoms with van der Waals surface area (Å²) >= 11 is 0. The van der Waals surface area contributed by atoms with E-state index in [-0.39, 0.29) is 56.1 Å². The van der Waals surface area contributed by atoms with E-state index in [1.165, 1.54) is 18.2 Å². The van der Waals surface area contributed by atoms with Gasteiger partial charge in [0.1, 0.15) is 19.3 Å². The molecule has 0 aromatic heterocycles. The van der Waals surface area contributed by atoms with Gasteiger partial charge in [0.2, 0.25) is 17.7 Å². The van der Waals surface area contributed by atoms with Crippen molar-refractivity contribution < 1.29 is 47.7 Å². The van der Waals surface area contributed by atoms with Crippen LogP contribution in [0.4, 0.5) is 5.69 Å². The molecule has 1 aromatic rings. The minimum Gasteiger partial charge on any atom is -0.377 e. The lowest BCUT2D eigenvalue weighted by molar-refractivity contribution is -0.136. The summed E-state index contributed by atoms with van der Waals surface area (Å²) in [4.78, 5) is 62.8. The Balaban J connectivity index is 1.32. The molecule has 1 fully saturated rings. The van der Waals surface area contributed by atoms with Crippen LogP contribution in [0.25, 0.3) is 0 Å². The summed E-state index contributed by atoms with van der Waals surface area (Å²) in [5.74, 6) is -0.699. The van der Waals surface area contributed by atoms with Gasteiger partial charge in [-0.25, -0.2) is 0 Å². The molecule has 13 nitrogen and oxygen atoms in total. The number of carbonyl (C=O) groups is 5. The van der Waals surface area contributed by atoms with Crippen LogP contribution in [0, 0.1) is 12.3 Å². The molecule has 1 unspecified atom stereocenters. The lowest BCUT2D eigenvalue weighted by atomic mass is 10.0. The second kappa shape index (κ2) is 15.7. The van der Waals surface area contributed by atoms with Gasteiger partial charge in [0.15, 0.2) is 0 Å². The van der Waals surface area contributed by atoms with Crippen molar-refractivity contribution in [2.45, 2.75) is 18.9 Å². The van der Waals surface area contributed by atoms with Crippen LogP contribution >= 0.6 is 0 Å². The van der Waals surface area contributed by atoms with Crippen LogP contribution in [-0.2, 0) is 38.1 Å². The number of nitrogens with zero attached hydrogens (tertiary/aromatic N) is 1. The number of carbonyl (C=O) groups excluding carboxylic acids is 5. The van der Waals surface area contributed by atoms with Crippen LogP contribution in [0.2, 0.25) is 0 Å². The number of amides is 5. The van der Waals surface area contributed by atoms with Crippen molar-refractivity contribution in [3.05, 3.63) is 29.3 Å². The van der Waals surface area contributed by atoms with Crippen molar-refractivity contribution in [2.75, 3.05) is 71.4 Å². The zero-order valence-electron chi connectivity index (χ0n) is 21.4. The van der Waals surface area contributed by atoms with E-state index in [4.69, 9.17) is 30.1 Å². The van der Waals surface area contributed by atoms with Gasteiger partial charge in [-0.1, -0.05) is 12.0 Å². The summed E-state index contributed by atoms with van der Waals surface area (Å²) in [6, 6.07) is 3.35. The van der Waals surface area contributed by atoms with Gasteiger partial charge in [0, 0.05) is 6.42 Å². The highest BCUT2D eigenvalue weighted by atomic mass is 16.6. The van der Waals surface area contributed by atoms with Gasteiger partial charge in [0.25, 0.3) is 11.8 Å². The molecule has 2 N–H and O–H groups in total. The molecule has 0 saturated carbocycles. The summed E-state index contributed by atoms with van der Waals surface area (Å²) in [6.07, 6.45) is 5.12. The third kappa shape index (κ3) is 8.67. The fourth-order valence-corrected chi connectivity index (χ4v) is 3.88. The maximum Gasteiger partial charge on any atom is 0.264 e. The number of rotatable bonds is 17. The highest BCUT2D eigenvalue weighted by Crippen LogP contribution is 2.32. The first kappa shape index (κ1) is 29.9. The zero-order valence-corrected chi connectivity index (χ0v) is 21.4. The molecule has 2 aliphatic heterocycles. The van der Waals surface area contributed by atoms with E-state index < -0.39 is 35.6 Å². The summed E-state index contributed by atoms with van der Waals surface area (Å²) in [5, 5.41) is 4.72. The largest absolute Gasteiger partial charge is 0.377 e. The molecule has 1 saturated heterocycles. The predicted molar refractivity (Wildman–Crippen MR) is 135 cm³/mol. The zero-order chi connectivity index (χ0) is 28.0. The molecule has 0 aliphatic carbocycles. The van der Waals surface area contributed by atoms with Crippen LogP contribution in [0.15, 0.2) is 18.2 Å². The van der Waals surface area contributed by atoms with E-state index in [1.54, 1.807) is 0 Å². The fourth-order valence-electron chi connectivity index (χ4n) is 3.88. The summed E-state index contributed by atoms with van der Waals surface area (Å²) in [5.41, 5.74) is 0.193. The maximum absolute atomic E-state index is 13.1. The van der Waals surface area contributed by atoms with Crippen LogP contribution in [-0.4, -0.2) is 107 Å². The molecule has 210 valence electrons. The van der Waals surface area contributed by atoms with Crippen LogP contribution < -0.4 is 10.6 Å². The second-order valence-electron chi connectivity index (χ2n) is 8.37. The number of ether oxygens (including phenoxy) is 5. The first-order valence-electron chi connectivity index (χ1n) is 12.4. The van der Waals surface area contributed by atoms with E-state index in [1.807, 2.05) is 0 Å². The Morgan fingerprint density at radius 2 is 1.54 bits per heavy atom. The normalized spacial score (nSPS) is 16.7. The van der Waals surface area contributed by atoms with Gasteiger partial charge in [-0.3, -0.25) is 34.2 Å². The average Bonchev–Trinajstić information content (AvgIpc) is 3.17. The third-order valence-corrected chi connectivity index (χ3v) is 5.65. The predicted octanol–water partition coefficient (Wildman–Crippen LogP) is -0.257. The van der Waals surface area contributed by atoms with Crippen molar-refractivity contribution in [3.63, 3.8) is 0 Å². The van der Waals surface area contributed by atoms with Crippen molar-refractivity contribution >= 4 is 35.2 Å². The SMILES string of the molecule is C#CCOCCOCCOCCOCCOCC(=O)Nc1cccc2c1C(=O)N(C1CCC(=O)NC1=O)C2=O. The molecular formula is C26H31N3O10. The summed E-state index contributed by atoms with van der Waals surface area (Å²) < 4.78 is 26.4. The Kier molecular flexibility index (Phi) is 12.0. The van der Waals surface area contributed by atoms with Gasteiger partial charge >= 0.3 is 0 Å². The highest BCUT2D eigenvalue weighted by molar-refractivity contribution is 6.26. The lowest BCUT2D eigenvalue weighted by Gasteiger charge is -2.27. The molecule has 3 rings (SSSR count). The number of benzene rings is 1. The van der Waals surface area contributed by atoms with Gasteiger partial charge in [0.05, 0.1) is 69.7 Å². The van der Waals surface area contributed by atoms with Crippen LogP contribution in [0.5, 0.6) is 0 Å². The molecule has 0 spiro atoms. The highest BCUT2D eigenvalue weighted by Gasteiger charge is 2.45. The number of nitrogens with one attached hydrogen (secondary N) is 2. The van der Waals surface area contributed by atoms with E-state index >= 15 is 0 Å². The quantitative estimate of drug-likeness (QED) is 0.152. The molecule has 1 aromatic carbocycles. The molecule has 13 heteroatoms. The van der Waals surface area contributed by atoms with Crippen molar-refractivity contribution in [1.82, 2.24) is 10.2 Å². The number of terminal acetylenes is 1. The minimum absolute atomic E-state index is 0.00786. The molecule has 2 heterocycles.